The maximum atomic E-state index is 13.3. The predicted molar refractivity (Wildman–Crippen MR) is 64.4 cm³/mol. The Kier molecular flexibility index (Phi) is 4.09. The topological polar surface area (TPSA) is 41.1 Å². The van der Waals surface area contributed by atoms with E-state index in [1.165, 1.54) is 18.6 Å². The Balaban J connectivity index is 1.79. The first-order valence-electron chi connectivity index (χ1n) is 6.03. The van der Waals surface area contributed by atoms with Crippen molar-refractivity contribution in [3.8, 4) is 0 Å². The lowest BCUT2D eigenvalue weighted by Crippen LogP contribution is -2.31. The zero-order valence-electron chi connectivity index (χ0n) is 9.71. The van der Waals surface area contributed by atoms with E-state index in [1.807, 2.05) is 0 Å². The molecule has 92 valence electrons. The molecule has 0 spiro atoms. The third kappa shape index (κ3) is 3.27. The Labute approximate surface area is 100 Å². The monoisotopic (exact) mass is 236 g/mol. The van der Waals surface area contributed by atoms with Gasteiger partial charge in [0.1, 0.15) is 5.82 Å². The lowest BCUT2D eigenvalue weighted by molar-refractivity contribution is 0.0948. The molecule has 1 saturated heterocycles. The molecule has 2 N–H and O–H groups in total. The molecular formula is C13H17FN2O. The number of carbonyl (C=O) groups excluding carboxylic acids is 1. The van der Waals surface area contributed by atoms with Gasteiger partial charge in [-0.3, -0.25) is 4.79 Å². The molecule has 0 radical (unpaired) electrons. The van der Waals surface area contributed by atoms with Crippen LogP contribution >= 0.6 is 0 Å². The van der Waals surface area contributed by atoms with Crippen molar-refractivity contribution in [2.45, 2.75) is 25.3 Å². The van der Waals surface area contributed by atoms with Gasteiger partial charge in [0.05, 0.1) is 5.56 Å². The first-order chi connectivity index (χ1) is 8.27. The summed E-state index contributed by atoms with van der Waals surface area (Å²) in [5, 5.41) is 6.10. The van der Waals surface area contributed by atoms with Crippen molar-refractivity contribution in [1.29, 1.82) is 0 Å². The largest absolute Gasteiger partial charge is 0.352 e. The second kappa shape index (κ2) is 5.77. The zero-order valence-corrected chi connectivity index (χ0v) is 9.71. The molecule has 1 fully saturated rings. The van der Waals surface area contributed by atoms with Crippen molar-refractivity contribution >= 4 is 5.91 Å². The number of rotatable bonds is 4. The molecular weight excluding hydrogens is 219 g/mol. The van der Waals surface area contributed by atoms with E-state index in [0.29, 0.717) is 12.6 Å². The fourth-order valence-corrected chi connectivity index (χ4v) is 2.10. The van der Waals surface area contributed by atoms with Crippen molar-refractivity contribution in [1.82, 2.24) is 10.6 Å². The maximum Gasteiger partial charge on any atom is 0.254 e. The maximum absolute atomic E-state index is 13.3. The summed E-state index contributed by atoms with van der Waals surface area (Å²) in [7, 11) is 0. The Morgan fingerprint density at radius 3 is 3.00 bits per heavy atom. The molecule has 1 aromatic rings. The van der Waals surface area contributed by atoms with Crippen molar-refractivity contribution < 1.29 is 9.18 Å². The summed E-state index contributed by atoms with van der Waals surface area (Å²) in [5.74, 6) is -0.801. The average Bonchev–Trinajstić information content (AvgIpc) is 2.82. The number of amides is 1. The van der Waals surface area contributed by atoms with E-state index in [1.54, 1.807) is 12.1 Å². The Morgan fingerprint density at radius 2 is 2.29 bits per heavy atom. The van der Waals surface area contributed by atoms with Gasteiger partial charge in [-0.05, 0) is 37.9 Å². The van der Waals surface area contributed by atoms with Crippen LogP contribution in [0.3, 0.4) is 0 Å². The second-order valence-electron chi connectivity index (χ2n) is 4.32. The highest BCUT2D eigenvalue weighted by Crippen LogP contribution is 2.08. The lowest BCUT2D eigenvalue weighted by atomic mass is 10.1. The minimum absolute atomic E-state index is 0.117. The molecule has 1 aliphatic rings. The van der Waals surface area contributed by atoms with E-state index >= 15 is 0 Å². The summed E-state index contributed by atoms with van der Waals surface area (Å²) >= 11 is 0. The molecule has 1 heterocycles. The summed E-state index contributed by atoms with van der Waals surface area (Å²) in [4.78, 5) is 11.7. The predicted octanol–water partition coefficient (Wildman–Crippen LogP) is 1.70. The molecule has 0 bridgehead atoms. The number of halogens is 1. The van der Waals surface area contributed by atoms with Crippen LogP contribution in [0.25, 0.3) is 0 Å². The Hall–Kier alpha value is -1.42. The van der Waals surface area contributed by atoms with Gasteiger partial charge >= 0.3 is 0 Å². The Morgan fingerprint density at radius 1 is 1.47 bits per heavy atom. The first-order valence-corrected chi connectivity index (χ1v) is 6.03. The highest BCUT2D eigenvalue weighted by molar-refractivity contribution is 5.94. The number of nitrogens with one attached hydrogen (secondary N) is 2. The molecule has 4 heteroatoms. The number of hydrogen-bond donors (Lipinski definition) is 2. The molecule has 17 heavy (non-hydrogen) atoms. The van der Waals surface area contributed by atoms with Gasteiger partial charge < -0.3 is 10.6 Å². The zero-order chi connectivity index (χ0) is 12.1. The molecule has 1 aromatic carbocycles. The molecule has 1 unspecified atom stereocenters. The molecule has 2 rings (SSSR count). The van der Waals surface area contributed by atoms with Crippen molar-refractivity contribution in [2.75, 3.05) is 13.1 Å². The van der Waals surface area contributed by atoms with Crippen LogP contribution in [0, 0.1) is 5.82 Å². The van der Waals surface area contributed by atoms with E-state index in [4.69, 9.17) is 0 Å². The highest BCUT2D eigenvalue weighted by Gasteiger charge is 2.14. The fraction of sp³-hybridized carbons (Fsp3) is 0.462. The van der Waals surface area contributed by atoms with Gasteiger partial charge in [-0.25, -0.2) is 4.39 Å². The van der Waals surface area contributed by atoms with Crippen LogP contribution in [0.1, 0.15) is 29.6 Å². The van der Waals surface area contributed by atoms with Crippen molar-refractivity contribution in [3.63, 3.8) is 0 Å². The minimum Gasteiger partial charge on any atom is -0.352 e. The minimum atomic E-state index is -0.469. The van der Waals surface area contributed by atoms with Gasteiger partial charge in [0.15, 0.2) is 0 Å². The summed E-state index contributed by atoms with van der Waals surface area (Å²) < 4.78 is 13.3. The fourth-order valence-electron chi connectivity index (χ4n) is 2.10. The van der Waals surface area contributed by atoms with E-state index in [2.05, 4.69) is 10.6 Å². The molecule has 0 aromatic heterocycles. The van der Waals surface area contributed by atoms with Gasteiger partial charge in [0, 0.05) is 12.6 Å². The Bertz CT molecular complexity index is 389. The summed E-state index contributed by atoms with van der Waals surface area (Å²) in [6.07, 6.45) is 3.27. The van der Waals surface area contributed by atoms with E-state index < -0.39 is 5.82 Å². The normalized spacial score (nSPS) is 19.2. The van der Waals surface area contributed by atoms with Gasteiger partial charge in [-0.2, -0.15) is 0 Å². The number of benzene rings is 1. The molecule has 3 nitrogen and oxygen atoms in total. The van der Waals surface area contributed by atoms with Crippen LogP contribution in [0.4, 0.5) is 4.39 Å². The third-order valence-corrected chi connectivity index (χ3v) is 3.06. The standard InChI is InChI=1S/C13H17FN2O/c14-12-6-2-1-5-11(12)13(17)16-9-7-10-4-3-8-15-10/h1-2,5-6,10,15H,3-4,7-9H2,(H,16,17). The number of hydrogen-bond acceptors (Lipinski definition) is 2. The molecule has 0 aliphatic carbocycles. The first kappa shape index (κ1) is 12.0. The lowest BCUT2D eigenvalue weighted by Gasteiger charge is -2.10. The third-order valence-electron chi connectivity index (χ3n) is 3.06. The van der Waals surface area contributed by atoms with Crippen LogP contribution < -0.4 is 10.6 Å². The van der Waals surface area contributed by atoms with Crippen LogP contribution in [-0.4, -0.2) is 25.0 Å². The van der Waals surface area contributed by atoms with Gasteiger partial charge in [-0.1, -0.05) is 12.1 Å². The highest BCUT2D eigenvalue weighted by atomic mass is 19.1. The second-order valence-corrected chi connectivity index (χ2v) is 4.32. The van der Waals surface area contributed by atoms with Gasteiger partial charge in [0.25, 0.3) is 5.91 Å². The summed E-state index contributed by atoms with van der Waals surface area (Å²) in [6, 6.07) is 6.53. The van der Waals surface area contributed by atoms with Crippen molar-refractivity contribution in [2.24, 2.45) is 0 Å². The van der Waals surface area contributed by atoms with E-state index in [9.17, 15) is 9.18 Å². The molecule has 1 amide bonds. The van der Waals surface area contributed by atoms with E-state index in [0.717, 1.165) is 19.4 Å². The number of carbonyl (C=O) groups is 1. The van der Waals surface area contributed by atoms with Crippen LogP contribution in [0.2, 0.25) is 0 Å². The van der Waals surface area contributed by atoms with Crippen LogP contribution in [-0.2, 0) is 0 Å². The SMILES string of the molecule is O=C(NCCC1CCCN1)c1ccccc1F. The average molecular weight is 236 g/mol. The van der Waals surface area contributed by atoms with Gasteiger partial charge in [-0.15, -0.1) is 0 Å². The molecule has 0 saturated carbocycles. The van der Waals surface area contributed by atoms with Crippen LogP contribution in [0.5, 0.6) is 0 Å². The smallest absolute Gasteiger partial charge is 0.254 e. The molecule has 1 atom stereocenters. The van der Waals surface area contributed by atoms with Gasteiger partial charge in [0.2, 0.25) is 0 Å². The van der Waals surface area contributed by atoms with Crippen molar-refractivity contribution in [3.05, 3.63) is 35.6 Å². The van der Waals surface area contributed by atoms with E-state index in [-0.39, 0.29) is 11.5 Å². The molecule has 1 aliphatic heterocycles. The van der Waals surface area contributed by atoms with Crippen LogP contribution in [0.15, 0.2) is 24.3 Å². The summed E-state index contributed by atoms with van der Waals surface area (Å²) in [5.41, 5.74) is 0.117. The quantitative estimate of drug-likeness (QED) is 0.835. The summed E-state index contributed by atoms with van der Waals surface area (Å²) in [6.45, 7) is 1.65.